The van der Waals surface area contributed by atoms with E-state index in [2.05, 4.69) is 25.5 Å². The van der Waals surface area contributed by atoms with Crippen LogP contribution in [0, 0.1) is 0 Å². The second kappa shape index (κ2) is 7.45. The number of H-pyrrole nitrogens is 1. The number of nitrogens with zero attached hydrogens (tertiary/aromatic N) is 3. The first-order valence-corrected chi connectivity index (χ1v) is 10.4. The molecule has 3 aromatic heterocycles. The smallest absolute Gasteiger partial charge is 0.269 e. The quantitative estimate of drug-likeness (QED) is 0.385. The Balaban J connectivity index is 1.49. The molecular formula is C25H18N6O2. The summed E-state index contributed by atoms with van der Waals surface area (Å²) in [6.07, 6.45) is 3.59. The molecule has 1 amide bonds. The van der Waals surface area contributed by atoms with Crippen LogP contribution in [-0.2, 0) is 0 Å². The summed E-state index contributed by atoms with van der Waals surface area (Å²) in [6.45, 7) is 0. The molecule has 4 N–H and O–H groups in total. The number of amides is 1. The van der Waals surface area contributed by atoms with Crippen molar-refractivity contribution in [2.75, 3.05) is 5.32 Å². The number of ether oxygens (including phenoxy) is 1. The first-order chi connectivity index (χ1) is 16.2. The maximum Gasteiger partial charge on any atom is 0.269 e. The number of anilines is 1. The van der Waals surface area contributed by atoms with Crippen LogP contribution in [0.2, 0.25) is 0 Å². The minimum Gasteiger partial charge on any atom is -0.457 e. The van der Waals surface area contributed by atoms with Crippen LogP contribution in [0.5, 0.6) is 11.5 Å². The van der Waals surface area contributed by atoms with Crippen molar-refractivity contribution >= 4 is 22.8 Å². The minimum absolute atomic E-state index is 0.117. The van der Waals surface area contributed by atoms with Crippen molar-refractivity contribution in [2.45, 2.75) is 6.04 Å². The zero-order valence-electron chi connectivity index (χ0n) is 17.3. The molecule has 160 valence electrons. The van der Waals surface area contributed by atoms with Gasteiger partial charge >= 0.3 is 0 Å². The van der Waals surface area contributed by atoms with Crippen LogP contribution in [0.3, 0.4) is 0 Å². The lowest BCUT2D eigenvalue weighted by molar-refractivity contribution is 0.0995. The van der Waals surface area contributed by atoms with Crippen molar-refractivity contribution in [1.29, 1.82) is 0 Å². The molecule has 6 rings (SSSR count). The summed E-state index contributed by atoms with van der Waals surface area (Å²) in [5.74, 6) is 1.51. The Labute approximate surface area is 188 Å². The molecule has 8 heteroatoms. The van der Waals surface area contributed by atoms with Gasteiger partial charge in [-0.1, -0.05) is 30.3 Å². The number of nitrogens with two attached hydrogens (primary N) is 1. The predicted octanol–water partition coefficient (Wildman–Crippen LogP) is 4.43. The molecule has 1 atom stereocenters. The van der Waals surface area contributed by atoms with E-state index in [1.54, 1.807) is 6.20 Å². The number of aromatic nitrogens is 4. The molecule has 0 fully saturated rings. The summed E-state index contributed by atoms with van der Waals surface area (Å²) < 4.78 is 5.93. The van der Waals surface area contributed by atoms with Gasteiger partial charge in [0, 0.05) is 34.5 Å². The molecular weight excluding hydrogens is 416 g/mol. The van der Waals surface area contributed by atoms with Crippen LogP contribution in [-0.4, -0.2) is 26.1 Å². The van der Waals surface area contributed by atoms with Crippen LogP contribution in [0.15, 0.2) is 79.1 Å². The molecule has 1 aliphatic heterocycles. The van der Waals surface area contributed by atoms with E-state index in [0.717, 1.165) is 33.6 Å². The van der Waals surface area contributed by atoms with E-state index in [1.165, 1.54) is 0 Å². The Bertz CT molecular complexity index is 1500. The van der Waals surface area contributed by atoms with E-state index >= 15 is 0 Å². The number of hydrogen-bond acceptors (Lipinski definition) is 6. The lowest BCUT2D eigenvalue weighted by Gasteiger charge is -2.19. The molecule has 4 heterocycles. The van der Waals surface area contributed by atoms with Crippen molar-refractivity contribution in [1.82, 2.24) is 20.2 Å². The Kier molecular flexibility index (Phi) is 4.29. The van der Waals surface area contributed by atoms with Crippen molar-refractivity contribution in [3.63, 3.8) is 0 Å². The maximum absolute atomic E-state index is 12.2. The molecule has 0 saturated carbocycles. The number of hydrogen-bond donors (Lipinski definition) is 3. The van der Waals surface area contributed by atoms with Gasteiger partial charge in [-0.05, 0) is 42.0 Å². The summed E-state index contributed by atoms with van der Waals surface area (Å²) in [7, 11) is 0. The van der Waals surface area contributed by atoms with E-state index in [4.69, 9.17) is 10.5 Å². The number of primary amides is 1. The third-order valence-corrected chi connectivity index (χ3v) is 5.72. The Morgan fingerprint density at radius 2 is 1.73 bits per heavy atom. The number of carbonyl (C=O) groups excluding carboxylic acids is 1. The highest BCUT2D eigenvalue weighted by atomic mass is 16.5. The number of carbonyl (C=O) groups is 1. The van der Waals surface area contributed by atoms with Gasteiger partial charge in [0.25, 0.3) is 5.91 Å². The fraction of sp³-hybridized carbons (Fsp3) is 0.0400. The number of fused-ring (bicyclic) bond motifs is 2. The summed E-state index contributed by atoms with van der Waals surface area (Å²) in [5, 5.41) is 12.6. The van der Waals surface area contributed by atoms with Crippen molar-refractivity contribution in [2.24, 2.45) is 5.73 Å². The Hall–Kier alpha value is -4.72. The van der Waals surface area contributed by atoms with Crippen LogP contribution < -0.4 is 15.8 Å². The van der Waals surface area contributed by atoms with Gasteiger partial charge in [-0.2, -0.15) is 0 Å². The van der Waals surface area contributed by atoms with Gasteiger partial charge in [0.05, 0.1) is 6.04 Å². The number of benzene rings is 2. The molecule has 1 aliphatic rings. The van der Waals surface area contributed by atoms with Crippen molar-refractivity contribution in [3.05, 3.63) is 95.9 Å². The Morgan fingerprint density at radius 1 is 0.939 bits per heavy atom. The monoisotopic (exact) mass is 434 g/mol. The molecule has 1 unspecified atom stereocenters. The lowest BCUT2D eigenvalue weighted by Crippen LogP contribution is -2.15. The summed E-state index contributed by atoms with van der Waals surface area (Å²) in [5.41, 5.74) is 9.65. The van der Waals surface area contributed by atoms with Crippen LogP contribution >= 0.6 is 0 Å². The number of nitrogens with one attached hydrogen (secondary N) is 2. The van der Waals surface area contributed by atoms with Gasteiger partial charge in [-0.15, -0.1) is 10.2 Å². The number of rotatable bonds is 4. The Morgan fingerprint density at radius 3 is 2.52 bits per heavy atom. The van der Waals surface area contributed by atoms with Crippen molar-refractivity contribution < 1.29 is 9.53 Å². The highest BCUT2D eigenvalue weighted by Crippen LogP contribution is 2.43. The number of pyridine rings is 1. The molecule has 0 radical (unpaired) electrons. The van der Waals surface area contributed by atoms with Gasteiger partial charge in [0.2, 0.25) is 0 Å². The normalized spacial score (nSPS) is 14.2. The van der Waals surface area contributed by atoms with Gasteiger partial charge in [0.1, 0.15) is 17.3 Å². The second-order valence-corrected chi connectivity index (χ2v) is 7.72. The van der Waals surface area contributed by atoms with E-state index < -0.39 is 5.91 Å². The fourth-order valence-corrected chi connectivity index (χ4v) is 4.25. The van der Waals surface area contributed by atoms with Gasteiger partial charge in [-0.25, -0.2) is 4.98 Å². The van der Waals surface area contributed by atoms with Crippen LogP contribution in [0.25, 0.3) is 22.2 Å². The third kappa shape index (κ3) is 3.16. The minimum atomic E-state index is -0.637. The molecule has 0 spiro atoms. The van der Waals surface area contributed by atoms with Crippen LogP contribution in [0.1, 0.15) is 27.7 Å². The molecule has 33 heavy (non-hydrogen) atoms. The highest BCUT2D eigenvalue weighted by molar-refractivity contribution is 6.09. The fourth-order valence-electron chi connectivity index (χ4n) is 4.25. The number of aromatic amines is 1. The van der Waals surface area contributed by atoms with Gasteiger partial charge in [-0.3, -0.25) is 4.79 Å². The van der Waals surface area contributed by atoms with E-state index in [-0.39, 0.29) is 11.7 Å². The molecule has 8 nitrogen and oxygen atoms in total. The van der Waals surface area contributed by atoms with Gasteiger partial charge < -0.3 is 20.8 Å². The SMILES string of the molecule is NC(=O)c1nnc2[nH]cc3c2c1-c1cccnc1NC3c1ccc(Oc2ccccc2)cc1. The van der Waals surface area contributed by atoms with E-state index in [0.29, 0.717) is 17.0 Å². The predicted molar refractivity (Wildman–Crippen MR) is 124 cm³/mol. The van der Waals surface area contributed by atoms with Crippen molar-refractivity contribution in [3.8, 4) is 22.6 Å². The first-order valence-electron chi connectivity index (χ1n) is 10.4. The number of para-hydroxylation sites is 1. The first kappa shape index (κ1) is 19.0. The van der Waals surface area contributed by atoms with Crippen LogP contribution in [0.4, 0.5) is 5.82 Å². The molecule has 0 aliphatic carbocycles. The molecule has 0 bridgehead atoms. The molecule has 5 aromatic rings. The topological polar surface area (TPSA) is 119 Å². The average Bonchev–Trinajstić information content (AvgIpc) is 3.21. The maximum atomic E-state index is 12.2. The third-order valence-electron chi connectivity index (χ3n) is 5.72. The summed E-state index contributed by atoms with van der Waals surface area (Å²) in [4.78, 5) is 19.9. The summed E-state index contributed by atoms with van der Waals surface area (Å²) >= 11 is 0. The molecule has 0 saturated heterocycles. The van der Waals surface area contributed by atoms with E-state index in [9.17, 15) is 4.79 Å². The standard InChI is InChI=1S/C25H18N6O2/c26-23(32)22-19-17-7-4-12-27-24(17)29-21(18-13-28-25(20(18)19)31-30-22)14-8-10-16(11-9-14)33-15-5-2-1-3-6-15/h1-13,21H,(H2,26,32)(H,27,29)(H,28,31). The summed E-state index contributed by atoms with van der Waals surface area (Å²) in [6, 6.07) is 21.0. The average molecular weight is 434 g/mol. The zero-order chi connectivity index (χ0) is 22.4. The highest BCUT2D eigenvalue weighted by Gasteiger charge is 2.30. The lowest BCUT2D eigenvalue weighted by atomic mass is 9.96. The van der Waals surface area contributed by atoms with E-state index in [1.807, 2.05) is 72.9 Å². The second-order valence-electron chi connectivity index (χ2n) is 7.72. The van der Waals surface area contributed by atoms with Gasteiger partial charge in [0.15, 0.2) is 11.3 Å². The molecule has 2 aromatic carbocycles. The zero-order valence-corrected chi connectivity index (χ0v) is 17.3. The largest absolute Gasteiger partial charge is 0.457 e.